The molecule has 3 rings (SSSR count). The number of nitrogens with one attached hydrogen (secondary N) is 1. The van der Waals surface area contributed by atoms with E-state index in [1.807, 2.05) is 46.8 Å². The molecule has 0 radical (unpaired) electrons. The molecule has 29 heavy (non-hydrogen) atoms. The average molecular weight is 416 g/mol. The van der Waals surface area contributed by atoms with Crippen LogP contribution in [0.3, 0.4) is 0 Å². The summed E-state index contributed by atoms with van der Waals surface area (Å²) >= 11 is 0. The smallest absolute Gasteiger partial charge is 0.243 e. The first-order valence-corrected chi connectivity index (χ1v) is 11.4. The van der Waals surface area contributed by atoms with Gasteiger partial charge in [-0.3, -0.25) is 4.79 Å². The van der Waals surface area contributed by atoms with E-state index in [2.05, 4.69) is 10.3 Å². The van der Waals surface area contributed by atoms with Gasteiger partial charge in [-0.1, -0.05) is 12.1 Å². The standard InChI is InChI=1S/C22H29N3O3S/c1-14-6-7-20(23-13-14)24-22(26)19-8-10-25(11-9-19)29(27,28)21-17(4)15(2)12-16(3)18(21)5/h6-7,12-13,19H,8-11H2,1-5H3,(H,23,24,26). The summed E-state index contributed by atoms with van der Waals surface area (Å²) in [6.45, 7) is 10.2. The Labute approximate surface area is 173 Å². The van der Waals surface area contributed by atoms with Crippen molar-refractivity contribution in [2.45, 2.75) is 52.4 Å². The van der Waals surface area contributed by atoms with E-state index in [9.17, 15) is 13.2 Å². The molecule has 156 valence electrons. The number of aromatic nitrogens is 1. The van der Waals surface area contributed by atoms with Crippen LogP contribution >= 0.6 is 0 Å². The van der Waals surface area contributed by atoms with Gasteiger partial charge < -0.3 is 5.32 Å². The van der Waals surface area contributed by atoms with E-state index in [1.54, 1.807) is 12.3 Å². The van der Waals surface area contributed by atoms with Gasteiger partial charge in [0.15, 0.2) is 0 Å². The van der Waals surface area contributed by atoms with Crippen LogP contribution in [0.15, 0.2) is 29.3 Å². The summed E-state index contributed by atoms with van der Waals surface area (Å²) in [5, 5.41) is 2.84. The molecule has 0 aliphatic carbocycles. The summed E-state index contributed by atoms with van der Waals surface area (Å²) < 4.78 is 28.2. The van der Waals surface area contributed by atoms with Gasteiger partial charge in [0.1, 0.15) is 5.82 Å². The number of hydrogen-bond acceptors (Lipinski definition) is 4. The van der Waals surface area contributed by atoms with Crippen molar-refractivity contribution in [2.75, 3.05) is 18.4 Å². The van der Waals surface area contributed by atoms with Gasteiger partial charge in [-0.2, -0.15) is 4.31 Å². The second-order valence-electron chi connectivity index (χ2n) is 7.98. The number of piperidine rings is 1. The van der Waals surface area contributed by atoms with Crippen molar-refractivity contribution in [3.8, 4) is 0 Å². The largest absolute Gasteiger partial charge is 0.310 e. The van der Waals surface area contributed by atoms with Crippen LogP contribution in [-0.4, -0.2) is 36.7 Å². The zero-order valence-electron chi connectivity index (χ0n) is 17.7. The quantitative estimate of drug-likeness (QED) is 0.826. The van der Waals surface area contributed by atoms with Crippen LogP contribution in [-0.2, 0) is 14.8 Å². The third-order valence-electron chi connectivity index (χ3n) is 5.88. The lowest BCUT2D eigenvalue weighted by Crippen LogP contribution is -2.42. The lowest BCUT2D eigenvalue weighted by molar-refractivity contribution is -0.120. The van der Waals surface area contributed by atoms with Crippen molar-refractivity contribution in [3.05, 3.63) is 52.2 Å². The molecule has 0 unspecified atom stereocenters. The topological polar surface area (TPSA) is 79.4 Å². The third-order valence-corrected chi connectivity index (χ3v) is 8.06. The SMILES string of the molecule is Cc1ccc(NC(=O)C2CCN(S(=O)(=O)c3c(C)c(C)cc(C)c3C)CC2)nc1. The molecule has 1 N–H and O–H groups in total. The number of carbonyl (C=O) groups is 1. The van der Waals surface area contributed by atoms with Gasteiger partial charge >= 0.3 is 0 Å². The van der Waals surface area contributed by atoms with Crippen LogP contribution < -0.4 is 5.32 Å². The average Bonchev–Trinajstić information content (AvgIpc) is 2.68. The van der Waals surface area contributed by atoms with E-state index in [1.165, 1.54) is 4.31 Å². The van der Waals surface area contributed by atoms with Crippen LogP contribution in [0.2, 0.25) is 0 Å². The molecular formula is C22H29N3O3S. The maximum absolute atomic E-state index is 13.3. The minimum Gasteiger partial charge on any atom is -0.310 e. The fraction of sp³-hybridized carbons (Fsp3) is 0.455. The number of pyridine rings is 1. The molecule has 1 amide bonds. The molecule has 2 aromatic rings. The molecule has 6 nitrogen and oxygen atoms in total. The van der Waals surface area contributed by atoms with E-state index in [0.29, 0.717) is 36.6 Å². The van der Waals surface area contributed by atoms with Crippen LogP contribution in [0, 0.1) is 40.5 Å². The van der Waals surface area contributed by atoms with Crippen molar-refractivity contribution in [1.29, 1.82) is 0 Å². The number of benzene rings is 1. The van der Waals surface area contributed by atoms with Gasteiger partial charge in [0.05, 0.1) is 4.90 Å². The number of amides is 1. The van der Waals surface area contributed by atoms with E-state index in [4.69, 9.17) is 0 Å². The Balaban J connectivity index is 1.72. The summed E-state index contributed by atoms with van der Waals surface area (Å²) in [6, 6.07) is 5.70. The molecule has 1 fully saturated rings. The number of aryl methyl sites for hydroxylation is 3. The summed E-state index contributed by atoms with van der Waals surface area (Å²) in [5.41, 5.74) is 4.59. The highest BCUT2D eigenvalue weighted by Gasteiger charge is 2.34. The molecule has 1 aromatic carbocycles. The Kier molecular flexibility index (Phi) is 6.10. The van der Waals surface area contributed by atoms with E-state index in [0.717, 1.165) is 27.8 Å². The molecule has 0 bridgehead atoms. The van der Waals surface area contributed by atoms with Crippen LogP contribution in [0.25, 0.3) is 0 Å². The lowest BCUT2D eigenvalue weighted by atomic mass is 9.97. The Bertz CT molecular complexity index is 996. The molecule has 1 aromatic heterocycles. The molecule has 7 heteroatoms. The van der Waals surface area contributed by atoms with Crippen LogP contribution in [0.4, 0.5) is 5.82 Å². The lowest BCUT2D eigenvalue weighted by Gasteiger charge is -2.31. The zero-order chi connectivity index (χ0) is 21.3. The van der Waals surface area contributed by atoms with Gasteiger partial charge in [-0.15, -0.1) is 0 Å². The second kappa shape index (κ2) is 8.24. The molecule has 1 aliphatic heterocycles. The first kappa shape index (κ1) is 21.5. The molecule has 0 spiro atoms. The van der Waals surface area contributed by atoms with Crippen molar-refractivity contribution in [3.63, 3.8) is 0 Å². The normalized spacial score (nSPS) is 16.0. The minimum atomic E-state index is -3.59. The van der Waals surface area contributed by atoms with Crippen molar-refractivity contribution < 1.29 is 13.2 Å². The van der Waals surface area contributed by atoms with Gasteiger partial charge in [0.25, 0.3) is 0 Å². The van der Waals surface area contributed by atoms with E-state index in [-0.39, 0.29) is 11.8 Å². The van der Waals surface area contributed by atoms with Gasteiger partial charge in [0, 0.05) is 25.2 Å². The Hall–Kier alpha value is -2.25. The Morgan fingerprint density at radius 2 is 1.62 bits per heavy atom. The summed E-state index contributed by atoms with van der Waals surface area (Å²) in [7, 11) is -3.59. The maximum Gasteiger partial charge on any atom is 0.243 e. The Morgan fingerprint density at radius 1 is 1.03 bits per heavy atom. The molecule has 2 heterocycles. The molecule has 0 saturated carbocycles. The predicted molar refractivity (Wildman–Crippen MR) is 114 cm³/mol. The number of rotatable bonds is 4. The highest BCUT2D eigenvalue weighted by Crippen LogP contribution is 2.31. The highest BCUT2D eigenvalue weighted by atomic mass is 32.2. The summed E-state index contributed by atoms with van der Waals surface area (Å²) in [4.78, 5) is 17.2. The number of hydrogen-bond donors (Lipinski definition) is 1. The first-order valence-electron chi connectivity index (χ1n) is 9.92. The minimum absolute atomic E-state index is 0.0998. The van der Waals surface area contributed by atoms with E-state index < -0.39 is 10.0 Å². The van der Waals surface area contributed by atoms with Gasteiger partial charge in [-0.05, 0) is 81.3 Å². The molecule has 1 saturated heterocycles. The van der Waals surface area contributed by atoms with Crippen molar-refractivity contribution in [2.24, 2.45) is 5.92 Å². The zero-order valence-corrected chi connectivity index (χ0v) is 18.6. The molecule has 1 aliphatic rings. The second-order valence-corrected chi connectivity index (χ2v) is 9.85. The maximum atomic E-state index is 13.3. The van der Waals surface area contributed by atoms with E-state index >= 15 is 0 Å². The third kappa shape index (κ3) is 4.36. The fourth-order valence-electron chi connectivity index (χ4n) is 3.83. The molecule has 0 atom stereocenters. The van der Waals surface area contributed by atoms with Crippen LogP contribution in [0.1, 0.15) is 40.7 Å². The number of sulfonamides is 1. The number of carbonyl (C=O) groups excluding carboxylic acids is 1. The fourth-order valence-corrected chi connectivity index (χ4v) is 5.87. The predicted octanol–water partition coefficient (Wildman–Crippen LogP) is 3.66. The number of anilines is 1. The van der Waals surface area contributed by atoms with Crippen LogP contribution in [0.5, 0.6) is 0 Å². The summed E-state index contributed by atoms with van der Waals surface area (Å²) in [5.74, 6) is 0.209. The van der Waals surface area contributed by atoms with Gasteiger partial charge in [0.2, 0.25) is 15.9 Å². The number of nitrogens with zero attached hydrogens (tertiary/aromatic N) is 2. The summed E-state index contributed by atoms with van der Waals surface area (Å²) in [6.07, 6.45) is 2.71. The molecular weight excluding hydrogens is 386 g/mol. The first-order chi connectivity index (χ1) is 13.6. The Morgan fingerprint density at radius 3 is 2.14 bits per heavy atom. The van der Waals surface area contributed by atoms with Crippen molar-refractivity contribution >= 4 is 21.7 Å². The highest BCUT2D eigenvalue weighted by molar-refractivity contribution is 7.89. The van der Waals surface area contributed by atoms with Crippen molar-refractivity contribution in [1.82, 2.24) is 9.29 Å². The van der Waals surface area contributed by atoms with Gasteiger partial charge in [-0.25, -0.2) is 13.4 Å². The monoisotopic (exact) mass is 415 g/mol.